The standard InChI is InChI=1S/C20H30N4O2.HI/c1-5-21-20(23-14-19-24-15(2)16(3)26-19)22-12-9-13-25-17(4)18-10-7-6-8-11-18;/h6-8,10-11,17H,5,9,12-14H2,1-4H3,(H2,21,22,23);1H. The van der Waals surface area contributed by atoms with Gasteiger partial charge in [0.05, 0.1) is 11.8 Å². The molecular formula is C20H31IN4O2. The number of ether oxygens (including phenoxy) is 1. The number of nitrogens with one attached hydrogen (secondary N) is 2. The molecule has 0 saturated carbocycles. The van der Waals surface area contributed by atoms with Crippen molar-refractivity contribution in [2.45, 2.75) is 46.8 Å². The minimum absolute atomic E-state index is 0. The molecule has 1 unspecified atom stereocenters. The van der Waals surface area contributed by atoms with Crippen LogP contribution in [-0.2, 0) is 11.3 Å². The summed E-state index contributed by atoms with van der Waals surface area (Å²) in [5.74, 6) is 2.24. The number of rotatable bonds is 9. The molecule has 0 fully saturated rings. The number of oxazole rings is 1. The number of nitrogens with zero attached hydrogens (tertiary/aromatic N) is 2. The first kappa shape index (κ1) is 23.4. The highest BCUT2D eigenvalue weighted by Crippen LogP contribution is 2.15. The maximum atomic E-state index is 5.89. The van der Waals surface area contributed by atoms with Crippen molar-refractivity contribution in [3.8, 4) is 0 Å². The van der Waals surface area contributed by atoms with Crippen LogP contribution >= 0.6 is 24.0 Å². The Morgan fingerprint density at radius 3 is 2.59 bits per heavy atom. The van der Waals surface area contributed by atoms with Crippen molar-refractivity contribution in [2.75, 3.05) is 19.7 Å². The smallest absolute Gasteiger partial charge is 0.216 e. The van der Waals surface area contributed by atoms with Crippen molar-refractivity contribution < 1.29 is 9.15 Å². The molecular weight excluding hydrogens is 455 g/mol. The van der Waals surface area contributed by atoms with Crippen LogP contribution < -0.4 is 10.6 Å². The zero-order valence-corrected chi connectivity index (χ0v) is 18.9. The third-order valence-corrected chi connectivity index (χ3v) is 4.04. The number of benzene rings is 1. The van der Waals surface area contributed by atoms with Crippen LogP contribution in [0.25, 0.3) is 0 Å². The van der Waals surface area contributed by atoms with E-state index in [1.807, 2.05) is 39.0 Å². The second-order valence-corrected chi connectivity index (χ2v) is 6.15. The average Bonchev–Trinajstić information content (AvgIpc) is 2.97. The Balaban J connectivity index is 0.00000364. The van der Waals surface area contributed by atoms with E-state index >= 15 is 0 Å². The van der Waals surface area contributed by atoms with Crippen LogP contribution in [0.2, 0.25) is 0 Å². The minimum atomic E-state index is 0. The first-order valence-electron chi connectivity index (χ1n) is 9.21. The van der Waals surface area contributed by atoms with E-state index in [2.05, 4.69) is 39.7 Å². The van der Waals surface area contributed by atoms with E-state index in [0.717, 1.165) is 36.9 Å². The molecule has 2 rings (SSSR count). The van der Waals surface area contributed by atoms with E-state index in [1.165, 1.54) is 5.56 Å². The molecule has 2 aromatic rings. The van der Waals surface area contributed by atoms with Gasteiger partial charge in [0, 0.05) is 19.7 Å². The van der Waals surface area contributed by atoms with Gasteiger partial charge < -0.3 is 19.8 Å². The largest absolute Gasteiger partial charge is 0.444 e. The molecule has 0 bridgehead atoms. The lowest BCUT2D eigenvalue weighted by Crippen LogP contribution is -2.38. The SMILES string of the molecule is CCNC(=NCc1nc(C)c(C)o1)NCCCOC(C)c1ccccc1.I. The quantitative estimate of drug-likeness (QED) is 0.241. The summed E-state index contributed by atoms with van der Waals surface area (Å²) in [7, 11) is 0. The van der Waals surface area contributed by atoms with Crippen LogP contribution in [-0.4, -0.2) is 30.6 Å². The van der Waals surface area contributed by atoms with Gasteiger partial charge in [-0.25, -0.2) is 9.98 Å². The summed E-state index contributed by atoms with van der Waals surface area (Å²) in [4.78, 5) is 8.87. The molecule has 0 aliphatic carbocycles. The Bertz CT molecular complexity index is 669. The number of halogens is 1. The van der Waals surface area contributed by atoms with Gasteiger partial charge in [-0.2, -0.15) is 0 Å². The van der Waals surface area contributed by atoms with E-state index in [1.54, 1.807) is 0 Å². The zero-order valence-electron chi connectivity index (χ0n) is 16.6. The first-order chi connectivity index (χ1) is 12.6. The minimum Gasteiger partial charge on any atom is -0.444 e. The van der Waals surface area contributed by atoms with Gasteiger partial charge in [-0.1, -0.05) is 30.3 Å². The molecule has 27 heavy (non-hydrogen) atoms. The maximum absolute atomic E-state index is 5.89. The predicted octanol–water partition coefficient (Wildman–Crippen LogP) is 4.13. The molecule has 6 nitrogen and oxygen atoms in total. The summed E-state index contributed by atoms with van der Waals surface area (Å²) in [6.07, 6.45) is 1.01. The molecule has 1 aromatic carbocycles. The number of hydrogen-bond acceptors (Lipinski definition) is 4. The van der Waals surface area contributed by atoms with Crippen LogP contribution in [0.1, 0.15) is 49.3 Å². The van der Waals surface area contributed by atoms with Gasteiger partial charge >= 0.3 is 0 Å². The lowest BCUT2D eigenvalue weighted by molar-refractivity contribution is 0.0646. The van der Waals surface area contributed by atoms with Crippen LogP contribution in [0.15, 0.2) is 39.7 Å². The molecule has 150 valence electrons. The van der Waals surface area contributed by atoms with E-state index in [9.17, 15) is 0 Å². The van der Waals surface area contributed by atoms with Crippen LogP contribution in [0.4, 0.5) is 0 Å². The molecule has 0 saturated heterocycles. The molecule has 0 amide bonds. The fourth-order valence-electron chi connectivity index (χ4n) is 2.45. The molecule has 7 heteroatoms. The van der Waals surface area contributed by atoms with E-state index in [4.69, 9.17) is 9.15 Å². The van der Waals surface area contributed by atoms with Gasteiger partial charge in [-0.05, 0) is 39.7 Å². The summed E-state index contributed by atoms with van der Waals surface area (Å²) in [5.41, 5.74) is 2.12. The highest BCUT2D eigenvalue weighted by atomic mass is 127. The Kier molecular flexibility index (Phi) is 11.0. The predicted molar refractivity (Wildman–Crippen MR) is 120 cm³/mol. The molecule has 1 atom stereocenters. The highest BCUT2D eigenvalue weighted by molar-refractivity contribution is 14.0. The third-order valence-electron chi connectivity index (χ3n) is 4.04. The number of hydrogen-bond donors (Lipinski definition) is 2. The van der Waals surface area contributed by atoms with Crippen molar-refractivity contribution >= 4 is 29.9 Å². The Morgan fingerprint density at radius 1 is 1.22 bits per heavy atom. The monoisotopic (exact) mass is 486 g/mol. The number of aryl methyl sites for hydroxylation is 2. The van der Waals surface area contributed by atoms with Crippen LogP contribution in [0, 0.1) is 13.8 Å². The molecule has 1 aromatic heterocycles. The molecule has 0 radical (unpaired) electrons. The van der Waals surface area contributed by atoms with E-state index < -0.39 is 0 Å². The van der Waals surface area contributed by atoms with Gasteiger partial charge in [0.25, 0.3) is 0 Å². The van der Waals surface area contributed by atoms with Crippen molar-refractivity contribution in [2.24, 2.45) is 4.99 Å². The third kappa shape index (κ3) is 8.30. The van der Waals surface area contributed by atoms with Crippen molar-refractivity contribution in [1.29, 1.82) is 0 Å². The summed E-state index contributed by atoms with van der Waals surface area (Å²) in [6.45, 7) is 10.7. The lowest BCUT2D eigenvalue weighted by atomic mass is 10.1. The van der Waals surface area contributed by atoms with E-state index in [-0.39, 0.29) is 30.1 Å². The second-order valence-electron chi connectivity index (χ2n) is 6.15. The summed E-state index contributed by atoms with van der Waals surface area (Å²) in [6, 6.07) is 10.3. The van der Waals surface area contributed by atoms with Crippen molar-refractivity contribution in [1.82, 2.24) is 15.6 Å². The van der Waals surface area contributed by atoms with Gasteiger partial charge in [0.15, 0.2) is 5.96 Å². The lowest BCUT2D eigenvalue weighted by Gasteiger charge is -2.14. The van der Waals surface area contributed by atoms with E-state index in [0.29, 0.717) is 19.0 Å². The summed E-state index contributed by atoms with van der Waals surface area (Å²) < 4.78 is 11.5. The van der Waals surface area contributed by atoms with Crippen LogP contribution in [0.3, 0.4) is 0 Å². The summed E-state index contributed by atoms with van der Waals surface area (Å²) >= 11 is 0. The Morgan fingerprint density at radius 2 is 1.96 bits per heavy atom. The first-order valence-corrected chi connectivity index (χ1v) is 9.21. The van der Waals surface area contributed by atoms with Crippen molar-refractivity contribution in [3.05, 3.63) is 53.2 Å². The number of aliphatic imine (C=N–C) groups is 1. The van der Waals surface area contributed by atoms with Gasteiger partial charge in [-0.3, -0.25) is 0 Å². The molecule has 0 aliphatic rings. The average molecular weight is 486 g/mol. The fraction of sp³-hybridized carbons (Fsp3) is 0.500. The fourth-order valence-corrected chi connectivity index (χ4v) is 2.45. The van der Waals surface area contributed by atoms with Crippen LogP contribution in [0.5, 0.6) is 0 Å². The van der Waals surface area contributed by atoms with Gasteiger partial charge in [0.2, 0.25) is 5.89 Å². The Labute approximate surface area is 179 Å². The van der Waals surface area contributed by atoms with Gasteiger partial charge in [-0.15, -0.1) is 24.0 Å². The maximum Gasteiger partial charge on any atom is 0.216 e. The number of guanidine groups is 1. The topological polar surface area (TPSA) is 71.7 Å². The number of aromatic nitrogens is 1. The molecule has 0 spiro atoms. The normalized spacial score (nSPS) is 12.4. The molecule has 2 N–H and O–H groups in total. The zero-order chi connectivity index (χ0) is 18.8. The summed E-state index contributed by atoms with van der Waals surface area (Å²) in [5, 5.41) is 6.54. The second kappa shape index (κ2) is 12.7. The molecule has 1 heterocycles. The van der Waals surface area contributed by atoms with Crippen molar-refractivity contribution in [3.63, 3.8) is 0 Å². The molecule has 0 aliphatic heterocycles. The highest BCUT2D eigenvalue weighted by Gasteiger charge is 2.06. The van der Waals surface area contributed by atoms with Gasteiger partial charge in [0.1, 0.15) is 12.3 Å². The Hall–Kier alpha value is -1.61.